The highest BCUT2D eigenvalue weighted by molar-refractivity contribution is 9.10. The van der Waals surface area contributed by atoms with Gasteiger partial charge in [-0.15, -0.1) is 0 Å². The van der Waals surface area contributed by atoms with Crippen molar-refractivity contribution in [3.63, 3.8) is 0 Å². The molecule has 108 valence electrons. The van der Waals surface area contributed by atoms with Crippen LogP contribution in [0.5, 0.6) is 0 Å². The summed E-state index contributed by atoms with van der Waals surface area (Å²) in [6, 6.07) is 4.87. The van der Waals surface area contributed by atoms with Crippen LogP contribution in [0.1, 0.15) is 16.1 Å². The van der Waals surface area contributed by atoms with E-state index in [1.165, 1.54) is 24.7 Å². The average Bonchev–Trinajstić information content (AvgIpc) is 2.93. The number of nitriles is 1. The number of aromatic carboxylic acids is 1. The fourth-order valence-corrected chi connectivity index (χ4v) is 2.12. The number of hydrogen-bond donors (Lipinski definition) is 2. The van der Waals surface area contributed by atoms with E-state index in [9.17, 15) is 9.18 Å². The van der Waals surface area contributed by atoms with Gasteiger partial charge in [0.1, 0.15) is 6.07 Å². The molecule has 0 spiro atoms. The van der Waals surface area contributed by atoms with Crippen molar-refractivity contribution in [3.8, 4) is 6.07 Å². The summed E-state index contributed by atoms with van der Waals surface area (Å²) >= 11 is 3.03. The quantitative estimate of drug-likeness (QED) is 0.862. The van der Waals surface area contributed by atoms with Crippen LogP contribution in [-0.4, -0.2) is 27.2 Å². The molecule has 1 aromatic carbocycles. The topological polar surface area (TPSA) is 90.9 Å². The number of nitrogens with zero attached hydrogens (tertiary/aromatic N) is 3. The van der Waals surface area contributed by atoms with Gasteiger partial charge in [0.2, 0.25) is 0 Å². The third kappa shape index (κ3) is 3.38. The molecule has 0 unspecified atom stereocenters. The monoisotopic (exact) mass is 352 g/mol. The van der Waals surface area contributed by atoms with E-state index in [-0.39, 0.29) is 21.4 Å². The third-order valence-electron chi connectivity index (χ3n) is 2.74. The van der Waals surface area contributed by atoms with Crippen molar-refractivity contribution in [2.45, 2.75) is 6.54 Å². The smallest absolute Gasteiger partial charge is 0.356 e. The van der Waals surface area contributed by atoms with Gasteiger partial charge in [0.25, 0.3) is 0 Å². The predicted octanol–water partition coefficient (Wildman–Crippen LogP) is 2.47. The number of carbonyl (C=O) groups is 1. The van der Waals surface area contributed by atoms with Gasteiger partial charge in [-0.25, -0.2) is 14.2 Å². The minimum Gasteiger partial charge on any atom is -0.476 e. The van der Waals surface area contributed by atoms with Crippen molar-refractivity contribution >= 4 is 27.6 Å². The first kappa shape index (κ1) is 15.0. The summed E-state index contributed by atoms with van der Waals surface area (Å²) in [7, 11) is 0. The summed E-state index contributed by atoms with van der Waals surface area (Å²) < 4.78 is 15.6. The molecule has 1 aromatic heterocycles. The number of carboxylic acid groups (broad SMARTS) is 1. The lowest BCUT2D eigenvalue weighted by Gasteiger charge is -2.09. The van der Waals surface area contributed by atoms with Crippen molar-refractivity contribution < 1.29 is 14.3 Å². The van der Waals surface area contributed by atoms with Crippen LogP contribution in [0, 0.1) is 17.1 Å². The highest BCUT2D eigenvalue weighted by Gasteiger charge is 2.11. The first-order valence-electron chi connectivity index (χ1n) is 5.90. The molecule has 6 nitrogen and oxygen atoms in total. The van der Waals surface area contributed by atoms with Crippen molar-refractivity contribution in [2.75, 3.05) is 11.9 Å². The van der Waals surface area contributed by atoms with E-state index in [2.05, 4.69) is 26.2 Å². The zero-order valence-corrected chi connectivity index (χ0v) is 12.3. The van der Waals surface area contributed by atoms with Crippen LogP contribution in [0.4, 0.5) is 10.1 Å². The first-order chi connectivity index (χ1) is 10.0. The van der Waals surface area contributed by atoms with Crippen molar-refractivity contribution in [1.29, 1.82) is 5.26 Å². The number of rotatable bonds is 5. The van der Waals surface area contributed by atoms with Crippen LogP contribution in [0.3, 0.4) is 0 Å². The number of halogens is 2. The van der Waals surface area contributed by atoms with Gasteiger partial charge in [-0.05, 0) is 28.1 Å². The fourth-order valence-electron chi connectivity index (χ4n) is 1.68. The zero-order chi connectivity index (χ0) is 15.4. The average molecular weight is 353 g/mol. The number of hydrogen-bond acceptors (Lipinski definition) is 4. The molecule has 8 heteroatoms. The van der Waals surface area contributed by atoms with Crippen molar-refractivity contribution in [1.82, 2.24) is 9.55 Å². The van der Waals surface area contributed by atoms with Gasteiger partial charge in [-0.1, -0.05) is 0 Å². The van der Waals surface area contributed by atoms with Gasteiger partial charge in [0, 0.05) is 19.3 Å². The lowest BCUT2D eigenvalue weighted by Crippen LogP contribution is -2.10. The molecule has 2 rings (SSSR count). The number of nitrogens with one attached hydrogen (secondary N) is 1. The van der Waals surface area contributed by atoms with Crippen LogP contribution < -0.4 is 5.32 Å². The number of imidazole rings is 1. The van der Waals surface area contributed by atoms with Gasteiger partial charge in [0.15, 0.2) is 11.5 Å². The molecule has 0 fully saturated rings. The summed E-state index contributed by atoms with van der Waals surface area (Å²) in [6.45, 7) is 0.808. The van der Waals surface area contributed by atoms with E-state index in [4.69, 9.17) is 10.4 Å². The third-order valence-corrected chi connectivity index (χ3v) is 3.52. The Balaban J connectivity index is 1.99. The van der Waals surface area contributed by atoms with E-state index in [1.54, 1.807) is 4.57 Å². The normalized spacial score (nSPS) is 10.1. The van der Waals surface area contributed by atoms with E-state index < -0.39 is 11.8 Å². The largest absolute Gasteiger partial charge is 0.476 e. The summed E-state index contributed by atoms with van der Waals surface area (Å²) in [6.07, 6.45) is 2.80. The van der Waals surface area contributed by atoms with Crippen LogP contribution >= 0.6 is 15.9 Å². The Bertz CT molecular complexity index is 723. The molecule has 0 saturated heterocycles. The Labute approximate surface area is 128 Å². The Hall–Kier alpha value is -2.40. The number of aromatic nitrogens is 2. The fraction of sp³-hybridized carbons (Fsp3) is 0.154. The molecule has 0 aliphatic rings. The van der Waals surface area contributed by atoms with E-state index >= 15 is 0 Å². The molecule has 0 radical (unpaired) electrons. The molecular weight excluding hydrogens is 343 g/mol. The standard InChI is InChI=1S/C13H10BrFN4O2/c14-11-8(5-16)1-2-9(12(11)15)17-3-4-19-6-10(13(20)21)18-7-19/h1-2,6-7,17H,3-4H2,(H,20,21). The zero-order valence-electron chi connectivity index (χ0n) is 10.7. The predicted molar refractivity (Wildman–Crippen MR) is 76.5 cm³/mol. The number of anilines is 1. The molecule has 0 atom stereocenters. The molecule has 0 aliphatic heterocycles. The minimum atomic E-state index is -1.09. The van der Waals surface area contributed by atoms with E-state index in [0.29, 0.717) is 13.1 Å². The maximum atomic E-state index is 13.9. The molecule has 0 bridgehead atoms. The molecule has 0 amide bonds. The van der Waals surface area contributed by atoms with Crippen LogP contribution in [0.15, 0.2) is 29.1 Å². The summed E-state index contributed by atoms with van der Waals surface area (Å²) in [5.74, 6) is -1.63. The van der Waals surface area contributed by atoms with E-state index in [1.807, 2.05) is 6.07 Å². The van der Waals surface area contributed by atoms with Gasteiger partial charge in [0.05, 0.1) is 22.1 Å². The van der Waals surface area contributed by atoms with Crippen molar-refractivity contribution in [3.05, 3.63) is 46.2 Å². The molecule has 21 heavy (non-hydrogen) atoms. The maximum absolute atomic E-state index is 13.9. The highest BCUT2D eigenvalue weighted by atomic mass is 79.9. The Morgan fingerprint density at radius 1 is 1.57 bits per heavy atom. The van der Waals surface area contributed by atoms with Gasteiger partial charge >= 0.3 is 5.97 Å². The van der Waals surface area contributed by atoms with E-state index in [0.717, 1.165) is 0 Å². The number of benzene rings is 1. The molecule has 1 heterocycles. The molecule has 2 aromatic rings. The Morgan fingerprint density at radius 3 is 2.95 bits per heavy atom. The summed E-state index contributed by atoms with van der Waals surface area (Å²) in [4.78, 5) is 14.4. The van der Waals surface area contributed by atoms with Crippen molar-refractivity contribution in [2.24, 2.45) is 0 Å². The molecule has 0 aliphatic carbocycles. The molecule has 2 N–H and O–H groups in total. The van der Waals surface area contributed by atoms with Crippen LogP contribution in [0.2, 0.25) is 0 Å². The second-order valence-corrected chi connectivity index (χ2v) is 4.92. The second kappa shape index (κ2) is 6.37. The minimum absolute atomic E-state index is 0.0395. The number of carboxylic acids is 1. The lowest BCUT2D eigenvalue weighted by molar-refractivity contribution is 0.0691. The van der Waals surface area contributed by atoms with Gasteiger partial charge in [-0.2, -0.15) is 5.26 Å². The Kier molecular flexibility index (Phi) is 4.55. The molecular formula is C13H10BrFN4O2. The highest BCUT2D eigenvalue weighted by Crippen LogP contribution is 2.26. The maximum Gasteiger partial charge on any atom is 0.356 e. The molecule has 0 saturated carbocycles. The van der Waals surface area contributed by atoms with Gasteiger partial charge < -0.3 is 15.0 Å². The lowest BCUT2D eigenvalue weighted by atomic mass is 10.2. The first-order valence-corrected chi connectivity index (χ1v) is 6.69. The Morgan fingerprint density at radius 2 is 2.33 bits per heavy atom. The summed E-state index contributed by atoms with van der Waals surface area (Å²) in [5, 5.41) is 20.4. The second-order valence-electron chi connectivity index (χ2n) is 4.13. The SMILES string of the molecule is N#Cc1ccc(NCCn2cnc(C(=O)O)c2)c(F)c1Br. The van der Waals surface area contributed by atoms with Crippen LogP contribution in [-0.2, 0) is 6.54 Å². The van der Waals surface area contributed by atoms with Gasteiger partial charge in [-0.3, -0.25) is 0 Å². The van der Waals surface area contributed by atoms with Crippen LogP contribution in [0.25, 0.3) is 0 Å². The summed E-state index contributed by atoms with van der Waals surface area (Å²) in [5.41, 5.74) is 0.445.